The van der Waals surface area contributed by atoms with Crippen molar-refractivity contribution in [2.45, 2.75) is 32.2 Å². The Hall–Kier alpha value is -2.92. The van der Waals surface area contributed by atoms with Crippen molar-refractivity contribution in [3.8, 4) is 11.3 Å². The smallest absolute Gasteiger partial charge is 0.275 e. The van der Waals surface area contributed by atoms with Gasteiger partial charge in [-0.15, -0.1) is 0 Å². The largest absolute Gasteiger partial charge is 0.347 e. The molecule has 0 radical (unpaired) electrons. The SMILES string of the molecule is NCCCn1cc(-c2nc3cc4c(cc3[nH]c2=O)CCC4)c2ccccc21. The number of aromatic amines is 1. The fourth-order valence-corrected chi connectivity index (χ4v) is 4.22. The van der Waals surface area contributed by atoms with Crippen LogP contribution in [0.15, 0.2) is 47.4 Å². The van der Waals surface area contributed by atoms with Gasteiger partial charge in [0.15, 0.2) is 0 Å². The van der Waals surface area contributed by atoms with Crippen molar-refractivity contribution < 1.29 is 0 Å². The maximum Gasteiger partial charge on any atom is 0.275 e. The second kappa shape index (κ2) is 6.35. The quantitative estimate of drug-likeness (QED) is 0.587. The zero-order chi connectivity index (χ0) is 18.4. The van der Waals surface area contributed by atoms with Crippen LogP contribution >= 0.6 is 0 Å². The van der Waals surface area contributed by atoms with E-state index in [1.165, 1.54) is 17.5 Å². The third-order valence-corrected chi connectivity index (χ3v) is 5.55. The van der Waals surface area contributed by atoms with E-state index in [1.54, 1.807) is 0 Å². The highest BCUT2D eigenvalue weighted by atomic mass is 16.1. The van der Waals surface area contributed by atoms with Crippen LogP contribution in [0.4, 0.5) is 0 Å². The zero-order valence-corrected chi connectivity index (χ0v) is 15.2. The highest BCUT2D eigenvalue weighted by Gasteiger charge is 2.17. The van der Waals surface area contributed by atoms with Gasteiger partial charge in [-0.3, -0.25) is 4.79 Å². The van der Waals surface area contributed by atoms with Crippen LogP contribution < -0.4 is 11.3 Å². The van der Waals surface area contributed by atoms with E-state index in [0.29, 0.717) is 12.2 Å². The van der Waals surface area contributed by atoms with Crippen LogP contribution in [0, 0.1) is 0 Å². The summed E-state index contributed by atoms with van der Waals surface area (Å²) < 4.78 is 2.17. The molecule has 2 aromatic carbocycles. The molecular weight excluding hydrogens is 336 g/mol. The molecule has 3 N–H and O–H groups in total. The van der Waals surface area contributed by atoms with Crippen molar-refractivity contribution in [1.29, 1.82) is 0 Å². The molecule has 5 heteroatoms. The van der Waals surface area contributed by atoms with E-state index in [-0.39, 0.29) is 5.56 Å². The maximum atomic E-state index is 12.9. The molecule has 0 fully saturated rings. The number of hydrogen-bond donors (Lipinski definition) is 2. The van der Waals surface area contributed by atoms with Crippen molar-refractivity contribution in [2.24, 2.45) is 5.73 Å². The number of hydrogen-bond acceptors (Lipinski definition) is 3. The molecule has 0 saturated heterocycles. The second-order valence-corrected chi connectivity index (χ2v) is 7.30. The van der Waals surface area contributed by atoms with Gasteiger partial charge in [-0.05, 0) is 61.6 Å². The summed E-state index contributed by atoms with van der Waals surface area (Å²) in [6.07, 6.45) is 6.30. The molecule has 0 saturated carbocycles. The van der Waals surface area contributed by atoms with Gasteiger partial charge < -0.3 is 15.3 Å². The van der Waals surface area contributed by atoms with E-state index in [9.17, 15) is 4.79 Å². The van der Waals surface area contributed by atoms with Crippen LogP contribution in [-0.4, -0.2) is 21.1 Å². The molecule has 0 aliphatic heterocycles. The molecule has 5 rings (SSSR count). The molecular formula is C22H22N4O. The fraction of sp³-hybridized carbons (Fsp3) is 0.273. The number of aryl methyl sites for hydroxylation is 3. The van der Waals surface area contributed by atoms with Crippen LogP contribution in [0.2, 0.25) is 0 Å². The molecule has 1 aliphatic carbocycles. The molecule has 0 atom stereocenters. The van der Waals surface area contributed by atoms with Crippen molar-refractivity contribution >= 4 is 21.9 Å². The van der Waals surface area contributed by atoms with E-state index in [2.05, 4.69) is 33.8 Å². The Morgan fingerprint density at radius 1 is 1.15 bits per heavy atom. The number of benzene rings is 2. The molecule has 2 aromatic heterocycles. The first-order valence-electron chi connectivity index (χ1n) is 9.59. The molecule has 136 valence electrons. The summed E-state index contributed by atoms with van der Waals surface area (Å²) in [6, 6.07) is 12.4. The van der Waals surface area contributed by atoms with Gasteiger partial charge in [0, 0.05) is 29.2 Å². The van der Waals surface area contributed by atoms with Gasteiger partial charge in [-0.2, -0.15) is 0 Å². The van der Waals surface area contributed by atoms with Crippen LogP contribution in [0.1, 0.15) is 24.0 Å². The third-order valence-electron chi connectivity index (χ3n) is 5.55. The molecule has 0 spiro atoms. The number of rotatable bonds is 4. The minimum absolute atomic E-state index is 0.137. The first-order valence-corrected chi connectivity index (χ1v) is 9.59. The first kappa shape index (κ1) is 16.3. The number of H-pyrrole nitrogens is 1. The van der Waals surface area contributed by atoms with Crippen LogP contribution in [0.5, 0.6) is 0 Å². The Labute approximate surface area is 156 Å². The lowest BCUT2D eigenvalue weighted by atomic mass is 10.1. The van der Waals surface area contributed by atoms with Gasteiger partial charge in [-0.25, -0.2) is 4.98 Å². The van der Waals surface area contributed by atoms with E-state index < -0.39 is 0 Å². The number of aromatic nitrogens is 3. The molecule has 4 aromatic rings. The summed E-state index contributed by atoms with van der Waals surface area (Å²) in [5.41, 5.74) is 12.4. The predicted octanol–water partition coefficient (Wildman–Crippen LogP) is 3.38. The van der Waals surface area contributed by atoms with Crippen molar-refractivity contribution in [3.05, 3.63) is 64.1 Å². The van der Waals surface area contributed by atoms with Crippen molar-refractivity contribution in [2.75, 3.05) is 6.54 Å². The summed E-state index contributed by atoms with van der Waals surface area (Å²) in [7, 11) is 0. The lowest BCUT2D eigenvalue weighted by molar-refractivity contribution is 0.671. The second-order valence-electron chi connectivity index (χ2n) is 7.30. The summed E-state index contributed by atoms with van der Waals surface area (Å²) >= 11 is 0. The lowest BCUT2D eigenvalue weighted by Gasteiger charge is -2.05. The van der Waals surface area contributed by atoms with Crippen LogP contribution in [0.25, 0.3) is 33.2 Å². The third kappa shape index (κ3) is 2.66. The molecule has 27 heavy (non-hydrogen) atoms. The van der Waals surface area contributed by atoms with Gasteiger partial charge in [0.05, 0.1) is 11.0 Å². The summed E-state index contributed by atoms with van der Waals surface area (Å²) in [5.74, 6) is 0. The Morgan fingerprint density at radius 3 is 2.81 bits per heavy atom. The number of nitrogens with one attached hydrogen (secondary N) is 1. The highest BCUT2D eigenvalue weighted by molar-refractivity contribution is 5.95. The molecule has 5 nitrogen and oxygen atoms in total. The van der Waals surface area contributed by atoms with E-state index in [0.717, 1.165) is 53.3 Å². The van der Waals surface area contributed by atoms with Crippen molar-refractivity contribution in [3.63, 3.8) is 0 Å². The normalized spacial score (nSPS) is 13.5. The van der Waals surface area contributed by atoms with Gasteiger partial charge in [-0.1, -0.05) is 18.2 Å². The van der Waals surface area contributed by atoms with Gasteiger partial charge >= 0.3 is 0 Å². The molecule has 0 bridgehead atoms. The van der Waals surface area contributed by atoms with E-state index in [4.69, 9.17) is 10.7 Å². The Morgan fingerprint density at radius 2 is 1.96 bits per heavy atom. The minimum atomic E-state index is -0.137. The van der Waals surface area contributed by atoms with Crippen LogP contribution in [-0.2, 0) is 19.4 Å². The first-order chi connectivity index (χ1) is 13.2. The van der Waals surface area contributed by atoms with Gasteiger partial charge in [0.2, 0.25) is 0 Å². The highest BCUT2D eigenvalue weighted by Crippen LogP contribution is 2.30. The minimum Gasteiger partial charge on any atom is -0.347 e. The number of fused-ring (bicyclic) bond motifs is 3. The Kier molecular flexibility index (Phi) is 3.83. The maximum absolute atomic E-state index is 12.9. The summed E-state index contributed by atoms with van der Waals surface area (Å²) in [6.45, 7) is 1.47. The average Bonchev–Trinajstić information content (AvgIpc) is 3.28. The summed E-state index contributed by atoms with van der Waals surface area (Å²) in [4.78, 5) is 20.7. The number of nitrogens with two attached hydrogens (primary N) is 1. The predicted molar refractivity (Wildman–Crippen MR) is 109 cm³/mol. The molecule has 2 heterocycles. The number of para-hydroxylation sites is 1. The molecule has 0 amide bonds. The standard InChI is InChI=1S/C22H22N4O/c23-9-4-10-26-13-17(16-7-1-2-8-20(16)26)21-22(27)25-19-12-15-6-3-5-14(15)11-18(19)24-21/h1-2,7-8,11-13H,3-6,9-10,23H2,(H,25,27). The molecule has 0 unspecified atom stereocenters. The lowest BCUT2D eigenvalue weighted by Crippen LogP contribution is -2.11. The molecule has 1 aliphatic rings. The topological polar surface area (TPSA) is 76.7 Å². The Balaban J connectivity index is 1.72. The monoisotopic (exact) mass is 358 g/mol. The van der Waals surface area contributed by atoms with Crippen LogP contribution in [0.3, 0.4) is 0 Å². The van der Waals surface area contributed by atoms with E-state index >= 15 is 0 Å². The van der Waals surface area contributed by atoms with E-state index in [1.807, 2.05) is 18.3 Å². The Bertz CT molecular complexity index is 1220. The number of nitrogens with zero attached hydrogens (tertiary/aromatic N) is 2. The summed E-state index contributed by atoms with van der Waals surface area (Å²) in [5, 5.41) is 1.05. The van der Waals surface area contributed by atoms with Gasteiger partial charge in [0.25, 0.3) is 5.56 Å². The van der Waals surface area contributed by atoms with Crippen molar-refractivity contribution in [1.82, 2.24) is 14.5 Å². The zero-order valence-electron chi connectivity index (χ0n) is 15.2. The average molecular weight is 358 g/mol. The fourth-order valence-electron chi connectivity index (χ4n) is 4.22. The van der Waals surface area contributed by atoms with Gasteiger partial charge in [0.1, 0.15) is 5.69 Å².